The molecule has 30 heavy (non-hydrogen) atoms. The van der Waals surface area contributed by atoms with E-state index in [9.17, 15) is 0 Å². The maximum absolute atomic E-state index is 8.00. The van der Waals surface area contributed by atoms with Crippen LogP contribution in [0, 0.1) is 7.43 Å². The number of fused-ring (bicyclic) bond motifs is 1. The molecule has 0 spiro atoms. The summed E-state index contributed by atoms with van der Waals surface area (Å²) in [6, 6.07) is 6.87. The summed E-state index contributed by atoms with van der Waals surface area (Å²) >= 11 is 11.6. The fraction of sp³-hybridized carbons (Fsp3) is 0.579. The third kappa shape index (κ3) is 21.9. The summed E-state index contributed by atoms with van der Waals surface area (Å²) in [4.78, 5) is 7.72. The van der Waals surface area contributed by atoms with Crippen molar-refractivity contribution in [2.75, 3.05) is 11.1 Å². The Hall–Kier alpha value is 3.37. The molecular weight excluding hydrogens is 1160 g/mol. The van der Waals surface area contributed by atoms with Gasteiger partial charge >= 0.3 is 64.9 Å². The van der Waals surface area contributed by atoms with Crippen molar-refractivity contribution in [2.24, 2.45) is 0 Å². The van der Waals surface area contributed by atoms with Crippen LogP contribution >= 0.6 is 97.2 Å². The maximum atomic E-state index is 8.00. The van der Waals surface area contributed by atoms with Gasteiger partial charge in [0.2, 0.25) is 0 Å². The second-order valence-corrected chi connectivity index (χ2v) is 40.8. The Morgan fingerprint density at radius 2 is 1.37 bits per heavy atom. The van der Waals surface area contributed by atoms with E-state index in [-0.39, 0.29) is 39.0 Å². The van der Waals surface area contributed by atoms with Crippen LogP contribution in [0.2, 0.25) is 0 Å². The quantitative estimate of drug-likeness (QED) is 0.138. The van der Waals surface area contributed by atoms with E-state index in [0.717, 1.165) is 11.4 Å². The molecule has 0 aliphatic carbocycles. The van der Waals surface area contributed by atoms with Gasteiger partial charge < -0.3 is 28.6 Å². The van der Waals surface area contributed by atoms with Gasteiger partial charge in [0.1, 0.15) is 6.79 Å². The molecule has 2 atom stereocenters. The normalized spacial score (nSPS) is 16.7. The summed E-state index contributed by atoms with van der Waals surface area (Å²) in [5, 5.41) is 7.14. The van der Waals surface area contributed by atoms with Crippen molar-refractivity contribution in [2.45, 2.75) is 73.0 Å². The third-order valence-corrected chi connectivity index (χ3v) is 3.48. The van der Waals surface area contributed by atoms with Crippen LogP contribution in [0.25, 0.3) is 0 Å². The van der Waals surface area contributed by atoms with Gasteiger partial charge in [-0.05, 0) is 39.3 Å². The number of hydrogen-bond donors (Lipinski definition) is 3. The average molecular weight is 1190 g/mol. The molecule has 2 rings (SSSR count). The van der Waals surface area contributed by atoms with Gasteiger partial charge in [-0.2, -0.15) is 0 Å². The molecule has 1 aliphatic heterocycles. The van der Waals surface area contributed by atoms with Crippen molar-refractivity contribution >= 4 is 115 Å². The molecule has 182 valence electrons. The topological polar surface area (TPSA) is 67.2 Å². The number of carbonyl (C=O) groups is 1. The van der Waals surface area contributed by atoms with E-state index in [1.54, 1.807) is 0 Å². The molecule has 0 amide bonds. The van der Waals surface area contributed by atoms with Gasteiger partial charge in [-0.15, -0.1) is 0 Å². The molecule has 11 heteroatoms. The minimum atomic E-state index is -0.278. The Labute approximate surface area is 262 Å². The summed E-state index contributed by atoms with van der Waals surface area (Å²) in [5.74, 6) is 0. The fourth-order valence-corrected chi connectivity index (χ4v) is 2.38. The predicted molar refractivity (Wildman–Crippen MR) is 176 cm³/mol. The molecular formula is C19H38I5N3OVW-. The van der Waals surface area contributed by atoms with E-state index < -0.39 is 0 Å². The smallest absolute Gasteiger partial charge is 0 e. The summed E-state index contributed by atoms with van der Waals surface area (Å²) in [7, 11) is 0. The fourth-order valence-electron chi connectivity index (χ4n) is 2.38. The van der Waals surface area contributed by atoms with Gasteiger partial charge in [0.05, 0.1) is 11.4 Å². The number of anilines is 2. The van der Waals surface area contributed by atoms with Crippen molar-refractivity contribution in [3.8, 4) is 0 Å². The van der Waals surface area contributed by atoms with Crippen LogP contribution < -0.4 is 16.4 Å². The summed E-state index contributed by atoms with van der Waals surface area (Å²) in [5.41, 5.74) is 9.14. The minimum Gasteiger partial charge on any atom is 0 e. The first-order valence-corrected chi connectivity index (χ1v) is 28.6. The van der Waals surface area contributed by atoms with E-state index in [1.165, 1.54) is 5.56 Å². The second kappa shape index (κ2) is 30.4. The van der Waals surface area contributed by atoms with Gasteiger partial charge in [-0.1, -0.05) is 39.8 Å². The number of rotatable bonds is 0. The van der Waals surface area contributed by atoms with E-state index in [2.05, 4.69) is 142 Å². The van der Waals surface area contributed by atoms with Crippen LogP contribution in [0.5, 0.6) is 0 Å². The van der Waals surface area contributed by atoms with Gasteiger partial charge in [0, 0.05) is 75.9 Å². The molecule has 0 radical (unpaired) electrons. The number of carbonyl (C=O) groups excluding carboxylic acids is 1. The minimum absolute atomic E-state index is 0. The van der Waals surface area contributed by atoms with Crippen LogP contribution in [0.3, 0.4) is 0 Å². The number of benzene rings is 1. The van der Waals surface area contributed by atoms with Crippen molar-refractivity contribution in [3.63, 3.8) is 0 Å². The number of halogens is 5. The molecule has 0 saturated heterocycles. The van der Waals surface area contributed by atoms with Gasteiger partial charge in [-0.3, -0.25) is 0 Å². The Morgan fingerprint density at radius 1 is 1.00 bits per heavy atom. The number of hydrogen-bond acceptors (Lipinski definition) is 4. The molecule has 2 unspecified atom stereocenters. The first kappa shape index (κ1) is 46.7. The van der Waals surface area contributed by atoms with E-state index in [1.807, 2.05) is 46.6 Å². The van der Waals surface area contributed by atoms with Crippen LogP contribution in [0.1, 0.15) is 61.0 Å². The Morgan fingerprint density at radius 3 is 1.73 bits per heavy atom. The molecule has 1 aliphatic rings. The van der Waals surface area contributed by atoms with E-state index >= 15 is 0 Å². The van der Waals surface area contributed by atoms with Crippen LogP contribution in [0.15, 0.2) is 18.2 Å². The van der Waals surface area contributed by atoms with Gasteiger partial charge in [0.15, 0.2) is 0 Å². The van der Waals surface area contributed by atoms with Gasteiger partial charge in [0.25, 0.3) is 0 Å². The number of nitrogens with one attached hydrogen (secondary N) is 2. The van der Waals surface area contributed by atoms with Crippen molar-refractivity contribution in [3.05, 3.63) is 31.2 Å². The molecule has 4 N–H and O–H groups in total. The average Bonchev–Trinajstić information content (AvgIpc) is 2.77. The molecule has 0 fully saturated rings. The Kier molecular flexibility index (Phi) is 47.3. The molecule has 0 saturated carbocycles. The third-order valence-electron chi connectivity index (χ3n) is 3.48. The molecule has 4 nitrogen and oxygen atoms in total. The Bertz CT molecular complexity index is 487. The zero-order chi connectivity index (χ0) is 23.5. The van der Waals surface area contributed by atoms with Crippen molar-refractivity contribution in [1.82, 2.24) is 5.32 Å². The number of nitrogens with two attached hydrogens (primary N) is 1. The zero-order valence-electron chi connectivity index (χ0n) is 19.3. The first-order valence-electron chi connectivity index (χ1n) is 8.79. The van der Waals surface area contributed by atoms with Crippen LogP contribution in [-0.2, 0) is 36.3 Å². The van der Waals surface area contributed by atoms with E-state index in [0.29, 0.717) is 12.1 Å². The number of nitrogen functional groups attached to an aromatic ring is 1. The standard InChI is InChI=1S/C13H21N3.2C2H6.CH2O.CH3.I2.3HI.V.W/c1-8-9(2)16-13(3,4)10-6-5-7-11(14)12(10)15-8;3*1-2;;1-2;;;;;/h5-9,15-16H,14H2,1-4H3;2*1-2H3;1H2;1H3;;3*1H;;/q;;;;-1;;;;;+3;/p-3. The van der Waals surface area contributed by atoms with Crippen molar-refractivity contribution < 1.29 is 30.8 Å². The first-order chi connectivity index (χ1) is 13.1. The molecule has 0 bridgehead atoms. The second-order valence-electron chi connectivity index (χ2n) is 5.45. The monoisotopic (exact) mass is 1190 g/mol. The predicted octanol–water partition coefficient (Wildman–Crippen LogP) is 9.04. The Balaban J connectivity index is -0.0000000884. The van der Waals surface area contributed by atoms with Crippen LogP contribution in [-0.4, -0.2) is 18.9 Å². The summed E-state index contributed by atoms with van der Waals surface area (Å²) in [6.07, 6.45) is 0. The largest absolute Gasteiger partial charge is 0 e. The SMILES string of the molecule is C=O.CC.CC.CC1Nc2c(N)cccc2C(C)(C)NC1C.II.[CH3-].[I][V]([I])[I].[W]. The summed E-state index contributed by atoms with van der Waals surface area (Å²) in [6.45, 7) is 18.8. The summed E-state index contributed by atoms with van der Waals surface area (Å²) < 4.78 is 0. The molecule has 0 aromatic heterocycles. The van der Waals surface area contributed by atoms with Crippen molar-refractivity contribution in [1.29, 1.82) is 0 Å². The molecule has 1 heterocycles. The zero-order valence-corrected chi connectivity index (χ0v) is 34.4. The van der Waals surface area contributed by atoms with Gasteiger partial charge in [-0.25, -0.2) is 0 Å². The van der Waals surface area contributed by atoms with Crippen LogP contribution in [0.4, 0.5) is 11.4 Å². The maximum Gasteiger partial charge on any atom is 0 e. The number of para-hydroxylation sites is 1. The van der Waals surface area contributed by atoms with E-state index in [4.69, 9.17) is 10.5 Å². The molecule has 1 aromatic carbocycles. The molecule has 1 aromatic rings.